The van der Waals surface area contributed by atoms with E-state index in [1.165, 1.54) is 14.8 Å². The highest BCUT2D eigenvalue weighted by Gasteiger charge is 2.13. The van der Waals surface area contributed by atoms with Gasteiger partial charge in [0.2, 0.25) is 0 Å². The predicted molar refractivity (Wildman–Crippen MR) is 64.8 cm³/mol. The van der Waals surface area contributed by atoms with Gasteiger partial charge in [0.25, 0.3) is 0 Å². The quantitative estimate of drug-likeness (QED) is 0.866. The first-order chi connectivity index (χ1) is 6.81. The van der Waals surface area contributed by atoms with Gasteiger partial charge in [-0.15, -0.1) is 0 Å². The molecular weight excluding hydrogens is 291 g/mol. The number of methoxy groups -OCH3 is 1. The number of ether oxygens (including phenoxy) is 1. The van der Waals surface area contributed by atoms with Crippen molar-refractivity contribution in [3.63, 3.8) is 0 Å². The molecule has 0 saturated heterocycles. The van der Waals surface area contributed by atoms with Crippen LogP contribution in [0.4, 0.5) is 0 Å². The molecule has 0 amide bonds. The van der Waals surface area contributed by atoms with Crippen molar-refractivity contribution in [2.24, 2.45) is 0 Å². The van der Waals surface area contributed by atoms with Gasteiger partial charge in [0.15, 0.2) is 0 Å². The molecule has 0 aromatic carbocycles. The molecule has 0 saturated carbocycles. The van der Waals surface area contributed by atoms with Gasteiger partial charge in [-0.05, 0) is 28.7 Å². The van der Waals surface area contributed by atoms with E-state index in [1.54, 1.807) is 7.11 Å². The average Bonchev–Trinajstić information content (AvgIpc) is 2.57. The number of hydrogen-bond acceptors (Lipinski definition) is 2. The molecule has 0 spiro atoms. The molecule has 0 fully saturated rings. The van der Waals surface area contributed by atoms with Crippen LogP contribution in [-0.2, 0) is 11.3 Å². The Labute approximate surface area is 97.3 Å². The SMILES string of the molecule is COCCN1C=Cc2c(I)c[nH]c2C1. The Kier molecular flexibility index (Phi) is 3.12. The molecule has 76 valence electrons. The van der Waals surface area contributed by atoms with E-state index in [1.807, 2.05) is 0 Å². The van der Waals surface area contributed by atoms with Crippen LogP contribution in [0, 0.1) is 3.57 Å². The Morgan fingerprint density at radius 3 is 3.29 bits per heavy atom. The van der Waals surface area contributed by atoms with Crippen molar-refractivity contribution >= 4 is 28.7 Å². The molecule has 1 aromatic rings. The number of halogens is 1. The summed E-state index contributed by atoms with van der Waals surface area (Å²) >= 11 is 2.35. The molecule has 1 aliphatic rings. The number of nitrogens with zero attached hydrogens (tertiary/aromatic N) is 1. The van der Waals surface area contributed by atoms with Crippen molar-refractivity contribution < 1.29 is 4.74 Å². The molecule has 1 aromatic heterocycles. The molecule has 14 heavy (non-hydrogen) atoms. The van der Waals surface area contributed by atoms with Gasteiger partial charge in [-0.25, -0.2) is 0 Å². The Balaban J connectivity index is 2.06. The third kappa shape index (κ3) is 1.95. The lowest BCUT2D eigenvalue weighted by molar-refractivity contribution is 0.166. The summed E-state index contributed by atoms with van der Waals surface area (Å²) in [5.74, 6) is 0. The highest BCUT2D eigenvalue weighted by molar-refractivity contribution is 14.1. The Bertz CT molecular complexity index is 346. The van der Waals surface area contributed by atoms with Crippen molar-refractivity contribution in [3.05, 3.63) is 27.2 Å². The van der Waals surface area contributed by atoms with Gasteiger partial charge in [0, 0.05) is 40.9 Å². The van der Waals surface area contributed by atoms with E-state index in [4.69, 9.17) is 4.74 Å². The third-order valence-electron chi connectivity index (χ3n) is 2.35. The van der Waals surface area contributed by atoms with Crippen LogP contribution in [0.15, 0.2) is 12.4 Å². The van der Waals surface area contributed by atoms with Crippen LogP contribution in [0.1, 0.15) is 11.3 Å². The maximum atomic E-state index is 5.05. The molecule has 0 radical (unpaired) electrons. The molecule has 2 rings (SSSR count). The van der Waals surface area contributed by atoms with E-state index in [0.717, 1.165) is 19.7 Å². The summed E-state index contributed by atoms with van der Waals surface area (Å²) in [5, 5.41) is 0. The zero-order valence-corrected chi connectivity index (χ0v) is 10.2. The summed E-state index contributed by atoms with van der Waals surface area (Å²) in [4.78, 5) is 5.54. The van der Waals surface area contributed by atoms with Crippen LogP contribution >= 0.6 is 22.6 Å². The summed E-state index contributed by atoms with van der Waals surface area (Å²) < 4.78 is 6.34. The summed E-state index contributed by atoms with van der Waals surface area (Å²) in [6.07, 6.45) is 6.35. The van der Waals surface area contributed by atoms with Gasteiger partial charge in [-0.3, -0.25) is 0 Å². The van der Waals surface area contributed by atoms with Crippen LogP contribution in [0.3, 0.4) is 0 Å². The Morgan fingerprint density at radius 2 is 2.50 bits per heavy atom. The standard InChI is InChI=1S/C10H13IN2O/c1-14-5-4-13-3-2-8-9(11)6-12-10(8)7-13/h2-3,6,12H,4-5,7H2,1H3. The zero-order chi connectivity index (χ0) is 9.97. The highest BCUT2D eigenvalue weighted by atomic mass is 127. The Morgan fingerprint density at radius 1 is 1.64 bits per heavy atom. The largest absolute Gasteiger partial charge is 0.383 e. The highest BCUT2D eigenvalue weighted by Crippen LogP contribution is 2.23. The second kappa shape index (κ2) is 4.35. The number of rotatable bonds is 3. The fraction of sp³-hybridized carbons (Fsp3) is 0.400. The topological polar surface area (TPSA) is 28.3 Å². The summed E-state index contributed by atoms with van der Waals surface area (Å²) in [7, 11) is 1.73. The van der Waals surface area contributed by atoms with Crippen molar-refractivity contribution in [3.8, 4) is 0 Å². The Hall–Kier alpha value is -0.490. The lowest BCUT2D eigenvalue weighted by Crippen LogP contribution is -2.23. The molecular formula is C10H13IN2O. The van der Waals surface area contributed by atoms with Crippen molar-refractivity contribution in [2.75, 3.05) is 20.3 Å². The van der Waals surface area contributed by atoms with Gasteiger partial charge in [-0.1, -0.05) is 0 Å². The molecule has 3 nitrogen and oxygen atoms in total. The van der Waals surface area contributed by atoms with Crippen LogP contribution in [0.5, 0.6) is 0 Å². The molecule has 0 atom stereocenters. The number of aromatic amines is 1. The number of nitrogens with one attached hydrogen (secondary N) is 1. The molecule has 2 heterocycles. The zero-order valence-electron chi connectivity index (χ0n) is 8.09. The normalized spacial score (nSPS) is 14.6. The van der Waals surface area contributed by atoms with E-state index in [0.29, 0.717) is 0 Å². The summed E-state index contributed by atoms with van der Waals surface area (Å²) in [6.45, 7) is 2.68. The van der Waals surface area contributed by atoms with E-state index < -0.39 is 0 Å². The van der Waals surface area contributed by atoms with Gasteiger partial charge in [-0.2, -0.15) is 0 Å². The molecule has 0 bridgehead atoms. The van der Waals surface area contributed by atoms with Gasteiger partial charge < -0.3 is 14.6 Å². The van der Waals surface area contributed by atoms with Crippen LogP contribution in [-0.4, -0.2) is 30.1 Å². The van der Waals surface area contributed by atoms with E-state index in [2.05, 4.69) is 50.9 Å². The van der Waals surface area contributed by atoms with Crippen molar-refractivity contribution in [2.45, 2.75) is 6.54 Å². The number of fused-ring (bicyclic) bond motifs is 1. The van der Waals surface area contributed by atoms with E-state index in [9.17, 15) is 0 Å². The maximum Gasteiger partial charge on any atom is 0.0637 e. The number of hydrogen-bond donors (Lipinski definition) is 1. The minimum Gasteiger partial charge on any atom is -0.383 e. The molecule has 1 N–H and O–H groups in total. The van der Waals surface area contributed by atoms with Gasteiger partial charge in [0.05, 0.1) is 13.2 Å². The lowest BCUT2D eigenvalue weighted by Gasteiger charge is -2.23. The number of aromatic nitrogens is 1. The van der Waals surface area contributed by atoms with Crippen molar-refractivity contribution in [1.29, 1.82) is 0 Å². The first-order valence-corrected chi connectivity index (χ1v) is 5.66. The monoisotopic (exact) mass is 304 g/mol. The van der Waals surface area contributed by atoms with E-state index >= 15 is 0 Å². The third-order valence-corrected chi connectivity index (χ3v) is 3.24. The summed E-state index contributed by atoms with van der Waals surface area (Å²) in [6, 6.07) is 0. The fourth-order valence-corrected chi connectivity index (χ4v) is 2.22. The van der Waals surface area contributed by atoms with Crippen LogP contribution in [0.25, 0.3) is 6.08 Å². The van der Waals surface area contributed by atoms with Crippen molar-refractivity contribution in [1.82, 2.24) is 9.88 Å². The maximum absolute atomic E-state index is 5.05. The minimum atomic E-state index is 0.775. The molecule has 1 aliphatic heterocycles. The first-order valence-electron chi connectivity index (χ1n) is 4.58. The summed E-state index contributed by atoms with van der Waals surface area (Å²) in [5.41, 5.74) is 2.63. The second-order valence-corrected chi connectivity index (χ2v) is 4.47. The van der Waals surface area contributed by atoms with Gasteiger partial charge >= 0.3 is 0 Å². The number of H-pyrrole nitrogens is 1. The van der Waals surface area contributed by atoms with Gasteiger partial charge in [0.1, 0.15) is 0 Å². The molecule has 0 aliphatic carbocycles. The minimum absolute atomic E-state index is 0.775. The van der Waals surface area contributed by atoms with Crippen LogP contribution in [0.2, 0.25) is 0 Å². The molecule has 4 heteroatoms. The van der Waals surface area contributed by atoms with E-state index in [-0.39, 0.29) is 0 Å². The average molecular weight is 304 g/mol. The second-order valence-electron chi connectivity index (χ2n) is 3.31. The smallest absolute Gasteiger partial charge is 0.0637 e. The van der Waals surface area contributed by atoms with Crippen LogP contribution < -0.4 is 0 Å². The predicted octanol–water partition coefficient (Wildman–Crippen LogP) is 2.05. The fourth-order valence-electron chi connectivity index (χ4n) is 1.56. The first kappa shape index (κ1) is 10.0. The lowest BCUT2D eigenvalue weighted by atomic mass is 10.2. The molecule has 0 unspecified atom stereocenters.